The highest BCUT2D eigenvalue weighted by atomic mass is 19.1. The minimum absolute atomic E-state index is 0.209. The van der Waals surface area contributed by atoms with Crippen molar-refractivity contribution in [1.82, 2.24) is 14.5 Å². The van der Waals surface area contributed by atoms with Crippen LogP contribution in [0.3, 0.4) is 0 Å². The molecule has 0 aliphatic carbocycles. The number of alkyl halides is 1. The maximum atomic E-state index is 13.9. The molecule has 0 fully saturated rings. The fourth-order valence-corrected chi connectivity index (χ4v) is 3.06. The van der Waals surface area contributed by atoms with E-state index in [-0.39, 0.29) is 11.1 Å². The molecule has 3 rings (SSSR count). The van der Waals surface area contributed by atoms with Gasteiger partial charge in [-0.3, -0.25) is 14.3 Å². The smallest absolute Gasteiger partial charge is 0.328 e. The van der Waals surface area contributed by atoms with E-state index in [0.717, 1.165) is 0 Å². The van der Waals surface area contributed by atoms with Crippen molar-refractivity contribution < 1.29 is 13.5 Å². The molecular weight excluding hydrogens is 377 g/mol. The highest BCUT2D eigenvalue weighted by Gasteiger charge is 2.15. The SMILES string of the molecule is C=C/C(=C(\C=C(/C)Oc1nccc2occc12)CF)c1c(C)c(=O)[nH]c(=O)n1C. The van der Waals surface area contributed by atoms with Crippen molar-refractivity contribution in [2.24, 2.45) is 7.05 Å². The number of pyridine rings is 1. The fourth-order valence-electron chi connectivity index (χ4n) is 3.06. The number of aromatic amines is 1. The number of H-pyrrole nitrogens is 1. The van der Waals surface area contributed by atoms with Gasteiger partial charge in [-0.2, -0.15) is 0 Å². The predicted octanol–water partition coefficient (Wildman–Crippen LogP) is 3.42. The highest BCUT2D eigenvalue weighted by Crippen LogP contribution is 2.27. The Morgan fingerprint density at radius 3 is 2.86 bits per heavy atom. The molecule has 3 heterocycles. The Labute approximate surface area is 165 Å². The molecule has 0 radical (unpaired) electrons. The van der Waals surface area contributed by atoms with Crippen LogP contribution >= 0.6 is 0 Å². The lowest BCUT2D eigenvalue weighted by Crippen LogP contribution is -2.32. The number of halogens is 1. The van der Waals surface area contributed by atoms with Crippen LogP contribution in [-0.2, 0) is 7.05 Å². The fraction of sp³-hybridized carbons (Fsp3) is 0.190. The number of allylic oxidation sites excluding steroid dienone is 5. The van der Waals surface area contributed by atoms with E-state index in [0.29, 0.717) is 33.9 Å². The Kier molecular flexibility index (Phi) is 5.63. The number of aromatic nitrogens is 3. The third-order valence-electron chi connectivity index (χ3n) is 4.48. The molecule has 3 aromatic heterocycles. The van der Waals surface area contributed by atoms with Gasteiger partial charge in [0.05, 0.1) is 17.3 Å². The zero-order valence-electron chi connectivity index (χ0n) is 16.3. The molecule has 0 atom stereocenters. The van der Waals surface area contributed by atoms with Crippen molar-refractivity contribution in [1.29, 1.82) is 0 Å². The lowest BCUT2D eigenvalue weighted by molar-refractivity contribution is 0.414. The number of hydrogen-bond acceptors (Lipinski definition) is 5. The molecule has 7 nitrogen and oxygen atoms in total. The summed E-state index contributed by atoms with van der Waals surface area (Å²) in [6.07, 6.45) is 5.97. The molecule has 8 heteroatoms. The van der Waals surface area contributed by atoms with Crippen molar-refractivity contribution in [3.63, 3.8) is 0 Å². The minimum atomic E-state index is -0.855. The second kappa shape index (κ2) is 8.14. The highest BCUT2D eigenvalue weighted by molar-refractivity contribution is 5.82. The third-order valence-corrected chi connectivity index (χ3v) is 4.48. The van der Waals surface area contributed by atoms with Crippen LogP contribution in [0, 0.1) is 6.92 Å². The second-order valence-corrected chi connectivity index (χ2v) is 6.37. The van der Waals surface area contributed by atoms with Crippen LogP contribution in [0.15, 0.2) is 68.7 Å². The van der Waals surface area contributed by atoms with Crippen molar-refractivity contribution >= 4 is 16.5 Å². The first kappa shape index (κ1) is 20.1. The van der Waals surface area contributed by atoms with Gasteiger partial charge in [-0.15, -0.1) is 0 Å². The number of hydrogen-bond donors (Lipinski definition) is 1. The number of nitrogens with zero attached hydrogens (tertiary/aromatic N) is 2. The average Bonchev–Trinajstić information content (AvgIpc) is 3.18. The van der Waals surface area contributed by atoms with Gasteiger partial charge in [-0.05, 0) is 37.6 Å². The quantitative estimate of drug-likeness (QED) is 0.508. The van der Waals surface area contributed by atoms with Crippen LogP contribution in [0.25, 0.3) is 16.5 Å². The Morgan fingerprint density at radius 1 is 1.41 bits per heavy atom. The summed E-state index contributed by atoms with van der Waals surface area (Å²) in [4.78, 5) is 30.4. The van der Waals surface area contributed by atoms with Crippen molar-refractivity contribution in [2.75, 3.05) is 6.67 Å². The molecule has 0 saturated carbocycles. The number of nitrogens with one attached hydrogen (secondary N) is 1. The molecule has 0 spiro atoms. The largest absolute Gasteiger partial charge is 0.464 e. The molecule has 1 N–H and O–H groups in total. The van der Waals surface area contributed by atoms with E-state index in [4.69, 9.17) is 9.15 Å². The summed E-state index contributed by atoms with van der Waals surface area (Å²) in [5.74, 6) is 0.689. The molecule has 29 heavy (non-hydrogen) atoms. The first-order chi connectivity index (χ1) is 13.9. The monoisotopic (exact) mass is 397 g/mol. The van der Waals surface area contributed by atoms with Crippen molar-refractivity contribution in [3.8, 4) is 5.88 Å². The van der Waals surface area contributed by atoms with Crippen LogP contribution in [0.4, 0.5) is 4.39 Å². The van der Waals surface area contributed by atoms with Gasteiger partial charge in [-0.1, -0.05) is 12.7 Å². The van der Waals surface area contributed by atoms with Crippen molar-refractivity contribution in [2.45, 2.75) is 13.8 Å². The van der Waals surface area contributed by atoms with Gasteiger partial charge in [0, 0.05) is 24.4 Å². The van der Waals surface area contributed by atoms with Gasteiger partial charge >= 0.3 is 5.69 Å². The van der Waals surface area contributed by atoms with Gasteiger partial charge in [-0.25, -0.2) is 14.2 Å². The molecule has 0 bridgehead atoms. The summed E-state index contributed by atoms with van der Waals surface area (Å²) in [7, 11) is 1.50. The molecule has 0 amide bonds. The lowest BCUT2D eigenvalue weighted by atomic mass is 10.0. The first-order valence-corrected chi connectivity index (χ1v) is 8.77. The summed E-state index contributed by atoms with van der Waals surface area (Å²) in [5, 5.41) is 0.683. The molecule has 0 saturated heterocycles. The topological polar surface area (TPSA) is 90.1 Å². The van der Waals surface area contributed by atoms with Crippen LogP contribution in [0.1, 0.15) is 18.2 Å². The van der Waals surface area contributed by atoms with E-state index >= 15 is 0 Å². The molecule has 150 valence electrons. The summed E-state index contributed by atoms with van der Waals surface area (Å²) in [6.45, 7) is 6.08. The maximum absolute atomic E-state index is 13.9. The van der Waals surface area contributed by atoms with Crippen LogP contribution < -0.4 is 16.0 Å². The van der Waals surface area contributed by atoms with Crippen molar-refractivity contribution in [3.05, 3.63) is 86.8 Å². The normalized spacial score (nSPS) is 12.8. The summed E-state index contributed by atoms with van der Waals surface area (Å²) in [6, 6.07) is 3.43. The molecule has 0 aromatic carbocycles. The number of furan rings is 1. The van der Waals surface area contributed by atoms with E-state index in [9.17, 15) is 14.0 Å². The average molecular weight is 397 g/mol. The van der Waals surface area contributed by atoms with Gasteiger partial charge in [0.1, 0.15) is 18.0 Å². The predicted molar refractivity (Wildman–Crippen MR) is 109 cm³/mol. The standard InChI is InChI=1S/C21H20FN3O4/c1-5-15(18-13(3)19(26)24-21(27)25(18)4)14(11-22)10-12(2)29-20-16-7-9-28-17(16)6-8-23-20/h5-10H,1,11H2,2-4H3,(H,24,26,27)/b12-10+,15-14-. The van der Waals surface area contributed by atoms with Crippen LogP contribution in [-0.4, -0.2) is 21.2 Å². The Balaban J connectivity index is 2.10. The van der Waals surface area contributed by atoms with Gasteiger partial charge in [0.2, 0.25) is 5.88 Å². The van der Waals surface area contributed by atoms with Gasteiger partial charge < -0.3 is 9.15 Å². The second-order valence-electron chi connectivity index (χ2n) is 6.37. The summed E-state index contributed by atoms with van der Waals surface area (Å²) < 4.78 is 26.3. The molecule has 0 aliphatic heterocycles. The van der Waals surface area contributed by atoms with E-state index in [1.54, 1.807) is 32.2 Å². The molecule has 0 aliphatic rings. The summed E-state index contributed by atoms with van der Waals surface area (Å²) >= 11 is 0. The number of fused-ring (bicyclic) bond motifs is 1. The van der Waals surface area contributed by atoms with Gasteiger partial charge in [0.15, 0.2) is 0 Å². The Morgan fingerprint density at radius 2 is 2.17 bits per heavy atom. The maximum Gasteiger partial charge on any atom is 0.328 e. The molecular formula is C21H20FN3O4. The molecule has 0 unspecified atom stereocenters. The number of ether oxygens (including phenoxy) is 1. The zero-order valence-corrected chi connectivity index (χ0v) is 16.3. The summed E-state index contributed by atoms with van der Waals surface area (Å²) in [5.41, 5.74) is 0.596. The zero-order chi connectivity index (χ0) is 21.1. The Hall–Kier alpha value is -3.68. The molecule has 3 aromatic rings. The van der Waals surface area contributed by atoms with E-state index in [1.807, 2.05) is 0 Å². The number of rotatable bonds is 6. The van der Waals surface area contributed by atoms with E-state index < -0.39 is 17.9 Å². The lowest BCUT2D eigenvalue weighted by Gasteiger charge is -2.14. The Bertz CT molecular complexity index is 1230. The van der Waals surface area contributed by atoms with E-state index in [2.05, 4.69) is 16.5 Å². The first-order valence-electron chi connectivity index (χ1n) is 8.77. The van der Waals surface area contributed by atoms with E-state index in [1.165, 1.54) is 30.0 Å². The third kappa shape index (κ3) is 3.82. The van der Waals surface area contributed by atoms with Crippen LogP contribution in [0.2, 0.25) is 0 Å². The van der Waals surface area contributed by atoms with Gasteiger partial charge in [0.25, 0.3) is 5.56 Å². The minimum Gasteiger partial charge on any atom is -0.464 e. The van der Waals surface area contributed by atoms with Crippen LogP contribution in [0.5, 0.6) is 5.88 Å².